The molecule has 1 atom stereocenters. The summed E-state index contributed by atoms with van der Waals surface area (Å²) in [5.41, 5.74) is 3.12. The van der Waals surface area contributed by atoms with Gasteiger partial charge in [0.15, 0.2) is 5.82 Å². The van der Waals surface area contributed by atoms with Crippen LogP contribution in [0.3, 0.4) is 0 Å². The molecule has 7 nitrogen and oxygen atoms in total. The molecule has 0 spiro atoms. The molecule has 4 aromatic rings. The number of nitrogens with one attached hydrogen (secondary N) is 1. The zero-order valence-corrected chi connectivity index (χ0v) is 20.1. The lowest BCUT2D eigenvalue weighted by Gasteiger charge is -2.17. The van der Waals surface area contributed by atoms with Crippen LogP contribution in [0, 0.1) is 0 Å². The molecule has 3 aromatic heterocycles. The Hall–Kier alpha value is -2.68. The van der Waals surface area contributed by atoms with Gasteiger partial charge >= 0.3 is 0 Å². The molecule has 1 aliphatic heterocycles. The molecule has 10 heteroatoms. The second kappa shape index (κ2) is 8.93. The summed E-state index contributed by atoms with van der Waals surface area (Å²) < 4.78 is 23.2. The smallest absolute Gasteiger partial charge is 0.161 e. The van der Waals surface area contributed by atoms with Crippen LogP contribution < -0.4 is 4.74 Å². The van der Waals surface area contributed by atoms with Gasteiger partial charge in [0.25, 0.3) is 0 Å². The molecule has 4 heterocycles. The third-order valence-electron chi connectivity index (χ3n) is 5.60. The first-order valence-electron chi connectivity index (χ1n) is 10.5. The van der Waals surface area contributed by atoms with E-state index in [1.165, 1.54) is 0 Å². The van der Waals surface area contributed by atoms with Gasteiger partial charge in [-0.3, -0.25) is 10.1 Å². The molecule has 33 heavy (non-hydrogen) atoms. The summed E-state index contributed by atoms with van der Waals surface area (Å²) in [6.07, 6.45) is 6.35. The molecule has 1 aromatic carbocycles. The molecule has 0 unspecified atom stereocenters. The van der Waals surface area contributed by atoms with Crippen LogP contribution in [0.5, 0.6) is 5.75 Å². The fourth-order valence-corrected chi connectivity index (χ4v) is 6.78. The standard InChI is InChI=1S/C23H21Cl2N5O2S/c1-14(22-18(24)12-26-13-19(22)25)32-16-5-6-20-17(10-16)23(29-28-20)15-4-7-21(27-11-15)30-33(31)8-2-3-9-33/h4-7,10-14H,2-3,8-9H2,1H3,(H,28,29)/t14-/m1/s1. The average molecular weight is 502 g/mol. The molecule has 1 N–H and O–H groups in total. The Labute approximate surface area is 201 Å². The van der Waals surface area contributed by atoms with E-state index in [9.17, 15) is 4.21 Å². The van der Waals surface area contributed by atoms with Crippen molar-refractivity contribution in [3.05, 3.63) is 64.5 Å². The maximum absolute atomic E-state index is 12.7. The molecule has 170 valence electrons. The van der Waals surface area contributed by atoms with Gasteiger partial charge < -0.3 is 4.74 Å². The molecule has 1 saturated heterocycles. The summed E-state index contributed by atoms with van der Waals surface area (Å²) in [5, 5.41) is 9.30. The number of ether oxygens (including phenoxy) is 1. The first kappa shape index (κ1) is 22.1. The number of hydrogen-bond acceptors (Lipinski definition) is 6. The topological polar surface area (TPSA) is 93.1 Å². The molecular weight excluding hydrogens is 481 g/mol. The maximum Gasteiger partial charge on any atom is 0.161 e. The van der Waals surface area contributed by atoms with E-state index >= 15 is 0 Å². The number of benzene rings is 1. The number of pyridine rings is 2. The van der Waals surface area contributed by atoms with E-state index in [1.807, 2.05) is 31.2 Å². The first-order chi connectivity index (χ1) is 15.9. The van der Waals surface area contributed by atoms with E-state index in [0.717, 1.165) is 35.0 Å². The number of rotatable bonds is 5. The number of nitrogens with zero attached hydrogens (tertiary/aromatic N) is 4. The number of aromatic amines is 1. The van der Waals surface area contributed by atoms with Gasteiger partial charge in [0.1, 0.15) is 17.5 Å². The molecule has 0 saturated carbocycles. The van der Waals surface area contributed by atoms with Crippen LogP contribution >= 0.6 is 23.2 Å². The van der Waals surface area contributed by atoms with Crippen molar-refractivity contribution < 1.29 is 8.95 Å². The van der Waals surface area contributed by atoms with Crippen LogP contribution in [0.25, 0.3) is 22.2 Å². The molecule has 1 fully saturated rings. The van der Waals surface area contributed by atoms with E-state index < -0.39 is 9.73 Å². The highest BCUT2D eigenvalue weighted by molar-refractivity contribution is 7.93. The molecule has 1 aliphatic rings. The molecule has 0 aliphatic carbocycles. The number of hydrogen-bond donors (Lipinski definition) is 1. The number of halogens is 2. The summed E-state index contributed by atoms with van der Waals surface area (Å²) in [5.74, 6) is 2.45. The summed E-state index contributed by atoms with van der Waals surface area (Å²) in [6, 6.07) is 9.37. The predicted molar refractivity (Wildman–Crippen MR) is 132 cm³/mol. The molecule has 0 bridgehead atoms. The highest BCUT2D eigenvalue weighted by atomic mass is 35.5. The van der Waals surface area contributed by atoms with Crippen molar-refractivity contribution in [3.63, 3.8) is 0 Å². The lowest BCUT2D eigenvalue weighted by molar-refractivity contribution is 0.227. The summed E-state index contributed by atoms with van der Waals surface area (Å²) in [4.78, 5) is 8.40. The van der Waals surface area contributed by atoms with Crippen molar-refractivity contribution >= 4 is 49.7 Å². The molecule has 0 amide bonds. The summed E-state index contributed by atoms with van der Waals surface area (Å²) in [6.45, 7) is 1.88. The van der Waals surface area contributed by atoms with E-state index in [1.54, 1.807) is 24.7 Å². The zero-order chi connectivity index (χ0) is 23.0. The van der Waals surface area contributed by atoms with Gasteiger partial charge in [0, 0.05) is 46.6 Å². The third kappa shape index (κ3) is 4.55. The van der Waals surface area contributed by atoms with Gasteiger partial charge in [-0.25, -0.2) is 9.19 Å². The van der Waals surface area contributed by atoms with E-state index in [2.05, 4.69) is 24.5 Å². The van der Waals surface area contributed by atoms with E-state index in [-0.39, 0.29) is 6.10 Å². The van der Waals surface area contributed by atoms with Crippen LogP contribution in [-0.4, -0.2) is 35.9 Å². The predicted octanol–water partition coefficient (Wildman–Crippen LogP) is 6.36. The van der Waals surface area contributed by atoms with Crippen molar-refractivity contribution in [2.75, 3.05) is 11.5 Å². The lowest BCUT2D eigenvalue weighted by atomic mass is 10.1. The lowest BCUT2D eigenvalue weighted by Crippen LogP contribution is -2.05. The van der Waals surface area contributed by atoms with Crippen molar-refractivity contribution in [1.82, 2.24) is 20.2 Å². The number of H-pyrrole nitrogens is 1. The minimum Gasteiger partial charge on any atom is -0.486 e. The van der Waals surface area contributed by atoms with E-state index in [4.69, 9.17) is 27.9 Å². The Balaban J connectivity index is 1.43. The van der Waals surface area contributed by atoms with Gasteiger partial charge in [-0.05, 0) is 50.1 Å². The largest absolute Gasteiger partial charge is 0.486 e. The van der Waals surface area contributed by atoms with Crippen LogP contribution in [0.15, 0.2) is 53.3 Å². The van der Waals surface area contributed by atoms with Gasteiger partial charge in [0.2, 0.25) is 0 Å². The second-order valence-electron chi connectivity index (χ2n) is 7.94. The fourth-order valence-electron chi connectivity index (χ4n) is 3.96. The van der Waals surface area contributed by atoms with Crippen LogP contribution in [0.4, 0.5) is 5.82 Å². The van der Waals surface area contributed by atoms with Crippen LogP contribution in [0.1, 0.15) is 31.4 Å². The summed E-state index contributed by atoms with van der Waals surface area (Å²) in [7, 11) is -2.15. The van der Waals surface area contributed by atoms with Gasteiger partial charge in [-0.1, -0.05) is 23.2 Å². The number of aromatic nitrogens is 4. The van der Waals surface area contributed by atoms with Crippen molar-refractivity contribution in [3.8, 4) is 17.0 Å². The summed E-state index contributed by atoms with van der Waals surface area (Å²) >= 11 is 12.5. The Morgan fingerprint density at radius 3 is 2.55 bits per heavy atom. The fraction of sp³-hybridized carbons (Fsp3) is 0.261. The molecular formula is C23H21Cl2N5O2S. The quantitative estimate of drug-likeness (QED) is 0.343. The maximum atomic E-state index is 12.7. The Morgan fingerprint density at radius 1 is 1.09 bits per heavy atom. The monoisotopic (exact) mass is 501 g/mol. The van der Waals surface area contributed by atoms with Crippen molar-refractivity contribution in [2.45, 2.75) is 25.9 Å². The third-order valence-corrected chi connectivity index (χ3v) is 8.58. The van der Waals surface area contributed by atoms with Gasteiger partial charge in [0.05, 0.1) is 25.3 Å². The number of fused-ring (bicyclic) bond motifs is 1. The van der Waals surface area contributed by atoms with Crippen LogP contribution in [-0.2, 0) is 9.73 Å². The highest BCUT2D eigenvalue weighted by Crippen LogP contribution is 2.35. The normalized spacial score (nSPS) is 16.1. The first-order valence-corrected chi connectivity index (χ1v) is 13.2. The zero-order valence-electron chi connectivity index (χ0n) is 17.8. The SMILES string of the molecule is C[C@@H](Oc1ccc2[nH]nc(-c3ccc(N=S4(=O)CCCC4)nc3)c2c1)c1c(Cl)cncc1Cl. The Morgan fingerprint density at radius 2 is 1.85 bits per heavy atom. The van der Waals surface area contributed by atoms with Crippen LogP contribution in [0.2, 0.25) is 10.0 Å². The minimum absolute atomic E-state index is 0.374. The average Bonchev–Trinajstić information content (AvgIpc) is 3.40. The van der Waals surface area contributed by atoms with Crippen molar-refractivity contribution in [2.24, 2.45) is 4.36 Å². The van der Waals surface area contributed by atoms with Crippen molar-refractivity contribution in [1.29, 1.82) is 0 Å². The van der Waals surface area contributed by atoms with E-state index in [0.29, 0.717) is 38.7 Å². The second-order valence-corrected chi connectivity index (χ2v) is 11.3. The molecule has 5 rings (SSSR count). The minimum atomic E-state index is -2.15. The van der Waals surface area contributed by atoms with Gasteiger partial charge in [-0.2, -0.15) is 9.46 Å². The highest BCUT2D eigenvalue weighted by Gasteiger charge is 2.18. The van der Waals surface area contributed by atoms with Gasteiger partial charge in [-0.15, -0.1) is 0 Å². The Kier molecular flexibility index (Phi) is 5.99. The Bertz CT molecular complexity index is 1410. The molecule has 0 radical (unpaired) electrons.